The zero-order chi connectivity index (χ0) is 14.5. The SMILES string of the molecule is CCNC(Cc1ccc(F)c(F)c1)c1cnn(CC)c1. The van der Waals surface area contributed by atoms with E-state index in [0.29, 0.717) is 6.42 Å². The lowest BCUT2D eigenvalue weighted by Crippen LogP contribution is -2.22. The second-order valence-electron chi connectivity index (χ2n) is 4.69. The number of likely N-dealkylation sites (N-methyl/N-ethyl adjacent to an activating group) is 1. The number of nitrogens with zero attached hydrogens (tertiary/aromatic N) is 2. The predicted molar refractivity (Wildman–Crippen MR) is 74.4 cm³/mol. The molecule has 20 heavy (non-hydrogen) atoms. The van der Waals surface area contributed by atoms with Crippen molar-refractivity contribution in [2.45, 2.75) is 32.9 Å². The summed E-state index contributed by atoms with van der Waals surface area (Å²) in [5, 5.41) is 7.60. The van der Waals surface area contributed by atoms with Crippen LogP contribution in [-0.4, -0.2) is 16.3 Å². The largest absolute Gasteiger partial charge is 0.310 e. The lowest BCUT2D eigenvalue weighted by molar-refractivity contribution is 0.502. The molecular weight excluding hydrogens is 260 g/mol. The molecule has 0 spiro atoms. The van der Waals surface area contributed by atoms with Gasteiger partial charge in [0.05, 0.1) is 6.20 Å². The van der Waals surface area contributed by atoms with Crippen LogP contribution in [-0.2, 0) is 13.0 Å². The van der Waals surface area contributed by atoms with E-state index in [9.17, 15) is 8.78 Å². The molecule has 0 aliphatic rings. The first-order chi connectivity index (χ1) is 9.63. The quantitative estimate of drug-likeness (QED) is 0.880. The van der Waals surface area contributed by atoms with Gasteiger partial charge in [0.25, 0.3) is 0 Å². The van der Waals surface area contributed by atoms with Crippen molar-refractivity contribution in [3.05, 3.63) is 53.4 Å². The molecule has 1 aromatic heterocycles. The molecule has 1 atom stereocenters. The minimum Gasteiger partial charge on any atom is -0.310 e. The number of hydrogen-bond donors (Lipinski definition) is 1. The van der Waals surface area contributed by atoms with Crippen molar-refractivity contribution in [2.24, 2.45) is 0 Å². The van der Waals surface area contributed by atoms with Crippen LogP contribution in [0.5, 0.6) is 0 Å². The summed E-state index contributed by atoms with van der Waals surface area (Å²) >= 11 is 0. The number of aromatic nitrogens is 2. The Morgan fingerprint density at radius 2 is 2.05 bits per heavy atom. The van der Waals surface area contributed by atoms with Gasteiger partial charge in [-0.15, -0.1) is 0 Å². The second-order valence-corrected chi connectivity index (χ2v) is 4.69. The number of halogens is 2. The fourth-order valence-electron chi connectivity index (χ4n) is 2.19. The molecule has 0 amide bonds. The first-order valence-electron chi connectivity index (χ1n) is 6.83. The first-order valence-corrected chi connectivity index (χ1v) is 6.83. The van der Waals surface area contributed by atoms with Gasteiger partial charge >= 0.3 is 0 Å². The lowest BCUT2D eigenvalue weighted by atomic mass is 10.0. The first kappa shape index (κ1) is 14.7. The van der Waals surface area contributed by atoms with Crippen LogP contribution in [0.1, 0.15) is 31.0 Å². The third-order valence-corrected chi connectivity index (χ3v) is 3.25. The molecule has 0 aliphatic heterocycles. The zero-order valence-corrected chi connectivity index (χ0v) is 11.7. The summed E-state index contributed by atoms with van der Waals surface area (Å²) in [6.07, 6.45) is 4.39. The Hall–Kier alpha value is -1.75. The van der Waals surface area contributed by atoms with Gasteiger partial charge in [-0.3, -0.25) is 4.68 Å². The van der Waals surface area contributed by atoms with Crippen molar-refractivity contribution >= 4 is 0 Å². The van der Waals surface area contributed by atoms with Gasteiger partial charge in [-0.05, 0) is 37.6 Å². The van der Waals surface area contributed by atoms with E-state index in [1.807, 2.05) is 30.9 Å². The zero-order valence-electron chi connectivity index (χ0n) is 11.7. The van der Waals surface area contributed by atoms with Crippen molar-refractivity contribution in [1.82, 2.24) is 15.1 Å². The monoisotopic (exact) mass is 279 g/mol. The summed E-state index contributed by atoms with van der Waals surface area (Å²) in [6, 6.07) is 4.09. The summed E-state index contributed by atoms with van der Waals surface area (Å²) in [6.45, 7) is 5.65. The molecule has 108 valence electrons. The van der Waals surface area contributed by atoms with E-state index >= 15 is 0 Å². The van der Waals surface area contributed by atoms with E-state index < -0.39 is 11.6 Å². The fraction of sp³-hybridized carbons (Fsp3) is 0.400. The summed E-state index contributed by atoms with van der Waals surface area (Å²) < 4.78 is 28.1. The highest BCUT2D eigenvalue weighted by Crippen LogP contribution is 2.19. The van der Waals surface area contributed by atoms with Crippen LogP contribution < -0.4 is 5.32 Å². The maximum atomic E-state index is 13.3. The van der Waals surface area contributed by atoms with Gasteiger partial charge in [0.15, 0.2) is 11.6 Å². The van der Waals surface area contributed by atoms with Crippen molar-refractivity contribution in [3.63, 3.8) is 0 Å². The van der Waals surface area contributed by atoms with Gasteiger partial charge < -0.3 is 5.32 Å². The van der Waals surface area contributed by atoms with E-state index in [4.69, 9.17) is 0 Å². The highest BCUT2D eigenvalue weighted by Gasteiger charge is 2.14. The van der Waals surface area contributed by atoms with E-state index in [1.54, 1.807) is 6.07 Å². The van der Waals surface area contributed by atoms with Crippen LogP contribution in [0, 0.1) is 11.6 Å². The van der Waals surface area contributed by atoms with Crippen LogP contribution in [0.3, 0.4) is 0 Å². The molecule has 2 rings (SSSR count). The van der Waals surface area contributed by atoms with Crippen LogP contribution in [0.15, 0.2) is 30.6 Å². The molecule has 1 aromatic carbocycles. The highest BCUT2D eigenvalue weighted by molar-refractivity contribution is 5.22. The predicted octanol–water partition coefficient (Wildman–Crippen LogP) is 3.07. The van der Waals surface area contributed by atoms with E-state index in [0.717, 1.165) is 24.2 Å². The highest BCUT2D eigenvalue weighted by atomic mass is 19.2. The smallest absolute Gasteiger partial charge is 0.159 e. The Balaban J connectivity index is 2.18. The number of aryl methyl sites for hydroxylation is 1. The maximum Gasteiger partial charge on any atom is 0.159 e. The van der Waals surface area contributed by atoms with Crippen LogP contribution in [0.4, 0.5) is 8.78 Å². The molecule has 1 unspecified atom stereocenters. The average Bonchev–Trinajstić information content (AvgIpc) is 2.91. The summed E-state index contributed by atoms with van der Waals surface area (Å²) in [4.78, 5) is 0. The molecule has 0 fully saturated rings. The molecule has 0 saturated carbocycles. The van der Waals surface area contributed by atoms with Gasteiger partial charge in [0.1, 0.15) is 0 Å². The van der Waals surface area contributed by atoms with Gasteiger partial charge in [-0.2, -0.15) is 5.10 Å². The number of hydrogen-bond acceptors (Lipinski definition) is 2. The third-order valence-electron chi connectivity index (χ3n) is 3.25. The summed E-state index contributed by atoms with van der Waals surface area (Å²) in [5.74, 6) is -1.62. The fourth-order valence-corrected chi connectivity index (χ4v) is 2.19. The molecular formula is C15H19F2N3. The van der Waals surface area contributed by atoms with Crippen molar-refractivity contribution in [3.8, 4) is 0 Å². The van der Waals surface area contributed by atoms with E-state index in [1.165, 1.54) is 12.1 Å². The number of rotatable bonds is 6. The molecule has 0 aliphatic carbocycles. The summed E-state index contributed by atoms with van der Waals surface area (Å²) in [5.41, 5.74) is 1.82. The average molecular weight is 279 g/mol. The Labute approximate surface area is 117 Å². The Morgan fingerprint density at radius 1 is 1.25 bits per heavy atom. The molecule has 3 nitrogen and oxygen atoms in total. The molecule has 1 heterocycles. The van der Waals surface area contributed by atoms with Crippen molar-refractivity contribution < 1.29 is 8.78 Å². The topological polar surface area (TPSA) is 29.9 Å². The summed E-state index contributed by atoms with van der Waals surface area (Å²) in [7, 11) is 0. The lowest BCUT2D eigenvalue weighted by Gasteiger charge is -2.16. The molecule has 1 N–H and O–H groups in total. The Bertz CT molecular complexity index is 566. The number of nitrogens with one attached hydrogen (secondary N) is 1. The van der Waals surface area contributed by atoms with Crippen LogP contribution in [0.2, 0.25) is 0 Å². The van der Waals surface area contributed by atoms with E-state index in [2.05, 4.69) is 10.4 Å². The minimum absolute atomic E-state index is 0.0464. The van der Waals surface area contributed by atoms with Gasteiger partial charge in [-0.1, -0.05) is 13.0 Å². The Morgan fingerprint density at radius 3 is 2.65 bits per heavy atom. The standard InChI is InChI=1S/C15H19F2N3/c1-3-18-15(12-9-19-20(4-2)10-12)8-11-5-6-13(16)14(17)7-11/h5-7,9-10,15,18H,3-4,8H2,1-2H3. The van der Waals surface area contributed by atoms with Crippen LogP contribution in [0.25, 0.3) is 0 Å². The molecule has 2 aromatic rings. The Kier molecular flexibility index (Phi) is 4.84. The van der Waals surface area contributed by atoms with Crippen molar-refractivity contribution in [1.29, 1.82) is 0 Å². The van der Waals surface area contributed by atoms with Gasteiger partial charge in [0.2, 0.25) is 0 Å². The number of benzene rings is 1. The third kappa shape index (κ3) is 3.42. The van der Waals surface area contributed by atoms with Gasteiger partial charge in [-0.25, -0.2) is 8.78 Å². The molecule has 0 saturated heterocycles. The molecule has 0 radical (unpaired) electrons. The van der Waals surface area contributed by atoms with Gasteiger partial charge in [0, 0.05) is 24.3 Å². The normalized spacial score (nSPS) is 12.6. The maximum absolute atomic E-state index is 13.3. The van der Waals surface area contributed by atoms with E-state index in [-0.39, 0.29) is 6.04 Å². The minimum atomic E-state index is -0.812. The van der Waals surface area contributed by atoms with Crippen molar-refractivity contribution in [2.75, 3.05) is 6.54 Å². The molecule has 5 heteroatoms. The molecule has 0 bridgehead atoms. The second kappa shape index (κ2) is 6.61. The van der Waals surface area contributed by atoms with Crippen LogP contribution >= 0.6 is 0 Å².